The molecule has 2 aliphatic heterocycles. The van der Waals surface area contributed by atoms with E-state index < -0.39 is 11.9 Å². The number of carbonyl (C=O) groups excluding carboxylic acids is 4. The molecule has 5 atom stereocenters. The minimum Gasteiger partial charge on any atom is -0.426 e. The van der Waals surface area contributed by atoms with Gasteiger partial charge in [-0.05, 0) is 67.5 Å². The van der Waals surface area contributed by atoms with Crippen LogP contribution in [-0.4, -0.2) is 39.9 Å². The van der Waals surface area contributed by atoms with E-state index in [2.05, 4.69) is 45.7 Å². The first-order chi connectivity index (χ1) is 18.6. The number of hydrogen-bond acceptors (Lipinski definition) is 5. The maximum Gasteiger partial charge on any atom is 0.316 e. The maximum absolute atomic E-state index is 13.2. The van der Waals surface area contributed by atoms with Gasteiger partial charge in [-0.15, -0.1) is 0 Å². The van der Waals surface area contributed by atoms with Gasteiger partial charge in [0.15, 0.2) is 0 Å². The van der Waals surface area contributed by atoms with Gasteiger partial charge in [-0.25, -0.2) is 4.90 Å². The van der Waals surface area contributed by atoms with Crippen LogP contribution in [0, 0.1) is 24.7 Å². The van der Waals surface area contributed by atoms with E-state index in [0.717, 1.165) is 29.7 Å². The van der Waals surface area contributed by atoms with Crippen LogP contribution in [0.2, 0.25) is 0 Å². The standard InChI is InChI=1S/C30H32Br2N2O5/c1-4-17-7-6-8-18(5-2)27(17)33-15-19(12-26(33)35)30(38)39-20-9-10-25(16(3)11-20)34-28(36)21-13-23(31)24(32)14-22(21)29(34)37/h6-11,19,21-24H,4-5,12-15H2,1-3H3/t19-,21-,22+,23+,24-/m1/s1. The number of aryl methyl sites for hydroxylation is 3. The highest BCUT2D eigenvalue weighted by molar-refractivity contribution is 9.12. The number of rotatable bonds is 6. The van der Waals surface area contributed by atoms with Gasteiger partial charge in [0, 0.05) is 28.3 Å². The van der Waals surface area contributed by atoms with Crippen LogP contribution in [0.3, 0.4) is 0 Å². The number of amides is 3. The fourth-order valence-corrected chi connectivity index (χ4v) is 7.35. The third-order valence-corrected chi connectivity index (χ3v) is 11.0. The molecule has 7 nitrogen and oxygen atoms in total. The number of fused-ring (bicyclic) bond motifs is 1. The van der Waals surface area contributed by atoms with Crippen molar-refractivity contribution >= 4 is 66.9 Å². The van der Waals surface area contributed by atoms with Crippen LogP contribution >= 0.6 is 31.9 Å². The van der Waals surface area contributed by atoms with Gasteiger partial charge in [-0.2, -0.15) is 0 Å². The Morgan fingerprint density at radius 1 is 0.949 bits per heavy atom. The Hall–Kier alpha value is -2.52. The molecule has 2 heterocycles. The zero-order chi connectivity index (χ0) is 28.0. The van der Waals surface area contributed by atoms with Crippen LogP contribution in [0.25, 0.3) is 0 Å². The number of carbonyl (C=O) groups is 4. The summed E-state index contributed by atoms with van der Waals surface area (Å²) in [4.78, 5) is 55.8. The van der Waals surface area contributed by atoms with Gasteiger partial charge in [0.1, 0.15) is 5.75 Å². The normalized spacial score (nSPS) is 26.8. The number of alkyl halides is 2. The monoisotopic (exact) mass is 658 g/mol. The molecule has 0 aromatic heterocycles. The predicted octanol–water partition coefficient (Wildman–Crippen LogP) is 5.50. The predicted molar refractivity (Wildman–Crippen MR) is 157 cm³/mol. The zero-order valence-electron chi connectivity index (χ0n) is 22.3. The molecule has 3 amide bonds. The Labute approximate surface area is 245 Å². The first-order valence-electron chi connectivity index (χ1n) is 13.5. The third kappa shape index (κ3) is 5.08. The Bertz CT molecular complexity index is 1290. The van der Waals surface area contributed by atoms with Crippen molar-refractivity contribution < 1.29 is 23.9 Å². The van der Waals surface area contributed by atoms with E-state index in [0.29, 0.717) is 29.8 Å². The molecule has 39 heavy (non-hydrogen) atoms. The number of halogens is 2. The molecule has 9 heteroatoms. The van der Waals surface area contributed by atoms with E-state index in [1.54, 1.807) is 30.0 Å². The summed E-state index contributed by atoms with van der Waals surface area (Å²) in [6, 6.07) is 11.0. The number of nitrogens with zero attached hydrogens (tertiary/aromatic N) is 2. The summed E-state index contributed by atoms with van der Waals surface area (Å²) in [5.41, 5.74) is 4.28. The average Bonchev–Trinajstić information content (AvgIpc) is 3.41. The smallest absolute Gasteiger partial charge is 0.316 e. The molecule has 1 aliphatic carbocycles. The summed E-state index contributed by atoms with van der Waals surface area (Å²) in [6.07, 6.45) is 2.90. The highest BCUT2D eigenvalue weighted by atomic mass is 79.9. The second-order valence-corrected chi connectivity index (χ2v) is 13.0. The Morgan fingerprint density at radius 2 is 1.54 bits per heavy atom. The highest BCUT2D eigenvalue weighted by Gasteiger charge is 2.52. The van der Waals surface area contributed by atoms with Gasteiger partial charge in [-0.1, -0.05) is 63.9 Å². The number of esters is 1. The van der Waals surface area contributed by atoms with E-state index in [4.69, 9.17) is 4.74 Å². The molecule has 0 unspecified atom stereocenters. The van der Waals surface area contributed by atoms with E-state index in [-0.39, 0.29) is 52.2 Å². The lowest BCUT2D eigenvalue weighted by molar-refractivity contribution is -0.139. The van der Waals surface area contributed by atoms with E-state index >= 15 is 0 Å². The van der Waals surface area contributed by atoms with Gasteiger partial charge >= 0.3 is 5.97 Å². The molecule has 2 aromatic carbocycles. The molecule has 2 aromatic rings. The summed E-state index contributed by atoms with van der Waals surface area (Å²) in [5.74, 6) is -1.81. The van der Waals surface area contributed by atoms with Crippen molar-refractivity contribution in [2.24, 2.45) is 17.8 Å². The van der Waals surface area contributed by atoms with E-state index in [1.807, 2.05) is 18.2 Å². The number of benzene rings is 2. The van der Waals surface area contributed by atoms with Crippen LogP contribution in [0.1, 0.15) is 49.8 Å². The molecule has 0 N–H and O–H groups in total. The molecular weight excluding hydrogens is 628 g/mol. The Kier molecular flexibility index (Phi) is 8.02. The number of anilines is 2. The number of para-hydroxylation sites is 1. The lowest BCUT2D eigenvalue weighted by Crippen LogP contribution is -2.34. The van der Waals surface area contributed by atoms with Crippen LogP contribution in [0.5, 0.6) is 5.75 Å². The SMILES string of the molecule is CCc1cccc(CC)c1N1C[C@H](C(=O)Oc2ccc(N3C(=O)[C@H]4C[C@@H](Br)[C@@H](Br)C[C@H]4C3=O)c(C)c2)CC1=O. The van der Waals surface area contributed by atoms with Gasteiger partial charge in [0.2, 0.25) is 17.7 Å². The number of ether oxygens (including phenoxy) is 1. The fraction of sp³-hybridized carbons (Fsp3) is 0.467. The minimum absolute atomic E-state index is 0.0805. The van der Waals surface area contributed by atoms with Crippen molar-refractivity contribution in [2.45, 2.75) is 62.5 Å². The highest BCUT2D eigenvalue weighted by Crippen LogP contribution is 2.45. The quantitative estimate of drug-likeness (QED) is 0.177. The summed E-state index contributed by atoms with van der Waals surface area (Å²) in [6.45, 7) is 6.20. The van der Waals surface area contributed by atoms with Crippen molar-refractivity contribution in [3.8, 4) is 5.75 Å². The Morgan fingerprint density at radius 3 is 2.08 bits per heavy atom. The molecule has 0 radical (unpaired) electrons. The van der Waals surface area contributed by atoms with Gasteiger partial charge in [-0.3, -0.25) is 19.2 Å². The molecule has 5 rings (SSSR count). The lowest BCUT2D eigenvalue weighted by atomic mass is 9.81. The fourth-order valence-electron chi connectivity index (χ4n) is 6.12. The first kappa shape index (κ1) is 28.0. The van der Waals surface area contributed by atoms with E-state index in [1.165, 1.54) is 4.90 Å². The van der Waals surface area contributed by atoms with Gasteiger partial charge < -0.3 is 9.64 Å². The number of hydrogen-bond donors (Lipinski definition) is 0. The molecule has 206 valence electrons. The second kappa shape index (κ2) is 11.2. The van der Waals surface area contributed by atoms with Crippen molar-refractivity contribution in [1.82, 2.24) is 0 Å². The van der Waals surface area contributed by atoms with Crippen molar-refractivity contribution in [1.29, 1.82) is 0 Å². The first-order valence-corrected chi connectivity index (χ1v) is 15.4. The average molecular weight is 660 g/mol. The Balaban J connectivity index is 1.30. The van der Waals surface area contributed by atoms with Crippen molar-refractivity contribution in [3.05, 3.63) is 53.1 Å². The minimum atomic E-state index is -0.577. The second-order valence-electron chi connectivity index (χ2n) is 10.6. The largest absolute Gasteiger partial charge is 0.426 e. The summed E-state index contributed by atoms with van der Waals surface area (Å²) in [5, 5.41) is 0. The van der Waals surface area contributed by atoms with Crippen LogP contribution in [0.4, 0.5) is 11.4 Å². The molecule has 3 fully saturated rings. The summed E-state index contributed by atoms with van der Waals surface area (Å²) in [7, 11) is 0. The molecule has 1 saturated carbocycles. The topological polar surface area (TPSA) is 84.0 Å². The van der Waals surface area contributed by atoms with Gasteiger partial charge in [0.25, 0.3) is 0 Å². The summed E-state index contributed by atoms with van der Waals surface area (Å²) >= 11 is 7.24. The summed E-state index contributed by atoms with van der Waals surface area (Å²) < 4.78 is 5.70. The van der Waals surface area contributed by atoms with Crippen molar-refractivity contribution in [3.63, 3.8) is 0 Å². The van der Waals surface area contributed by atoms with Crippen LogP contribution in [-0.2, 0) is 32.0 Å². The van der Waals surface area contributed by atoms with Crippen LogP contribution in [0.15, 0.2) is 36.4 Å². The van der Waals surface area contributed by atoms with Gasteiger partial charge in [0.05, 0.1) is 23.4 Å². The molecule has 0 spiro atoms. The lowest BCUT2D eigenvalue weighted by Gasteiger charge is -2.29. The molecule has 0 bridgehead atoms. The molecule has 3 aliphatic rings. The number of imide groups is 1. The maximum atomic E-state index is 13.2. The molecular formula is C30H32Br2N2O5. The zero-order valence-corrected chi connectivity index (χ0v) is 25.5. The third-order valence-electron chi connectivity index (χ3n) is 8.23. The van der Waals surface area contributed by atoms with E-state index in [9.17, 15) is 19.2 Å². The van der Waals surface area contributed by atoms with Crippen LogP contribution < -0.4 is 14.5 Å². The molecule has 2 saturated heterocycles. The van der Waals surface area contributed by atoms with Crippen molar-refractivity contribution in [2.75, 3.05) is 16.3 Å².